The smallest absolute Gasteiger partial charge is 0.272 e. The number of carbonyl (C=O) groups is 1. The first-order valence-corrected chi connectivity index (χ1v) is 11.8. The van der Waals surface area contributed by atoms with Crippen molar-refractivity contribution < 1.29 is 14.3 Å². The molecule has 5 rings (SSSR count). The SMILES string of the molecule is COc1ccc([C@@H]2CC(=O)Nc3c2c(C)nn3-c2nncc(-c3ccc(C)cc3)n2)cc1OC(C)C. The molecule has 9 heteroatoms. The van der Waals surface area contributed by atoms with Crippen LogP contribution in [-0.4, -0.2) is 44.1 Å². The van der Waals surface area contributed by atoms with Crippen LogP contribution in [-0.2, 0) is 4.79 Å². The van der Waals surface area contributed by atoms with Crippen molar-refractivity contribution in [3.05, 3.63) is 71.0 Å². The van der Waals surface area contributed by atoms with E-state index in [1.54, 1.807) is 18.0 Å². The number of nitrogens with zero attached hydrogens (tertiary/aromatic N) is 5. The number of nitrogens with one attached hydrogen (secondary N) is 1. The lowest BCUT2D eigenvalue weighted by atomic mass is 9.85. The first-order valence-electron chi connectivity index (χ1n) is 11.8. The fraction of sp³-hybridized carbons (Fsp3) is 0.296. The highest BCUT2D eigenvalue weighted by Crippen LogP contribution is 2.42. The Morgan fingerprint density at radius 3 is 2.58 bits per heavy atom. The monoisotopic (exact) mass is 484 g/mol. The van der Waals surface area contributed by atoms with Crippen LogP contribution in [0.25, 0.3) is 17.2 Å². The molecule has 0 saturated heterocycles. The van der Waals surface area contributed by atoms with E-state index in [9.17, 15) is 4.79 Å². The Kier molecular flexibility index (Phi) is 6.13. The summed E-state index contributed by atoms with van der Waals surface area (Å²) in [5.74, 6) is 1.80. The minimum atomic E-state index is -0.212. The molecule has 0 spiro atoms. The fourth-order valence-corrected chi connectivity index (χ4v) is 4.48. The number of amides is 1. The predicted molar refractivity (Wildman–Crippen MR) is 136 cm³/mol. The summed E-state index contributed by atoms with van der Waals surface area (Å²) in [7, 11) is 1.61. The topological polar surface area (TPSA) is 104 Å². The maximum atomic E-state index is 12.8. The van der Waals surface area contributed by atoms with Crippen LogP contribution in [0.5, 0.6) is 11.5 Å². The Hall–Kier alpha value is -4.27. The van der Waals surface area contributed by atoms with Crippen molar-refractivity contribution in [2.24, 2.45) is 0 Å². The Balaban J connectivity index is 1.58. The van der Waals surface area contributed by atoms with Crippen LogP contribution < -0.4 is 14.8 Å². The molecule has 0 fully saturated rings. The minimum absolute atomic E-state index is 0.0192. The van der Waals surface area contributed by atoms with Gasteiger partial charge < -0.3 is 14.8 Å². The first-order chi connectivity index (χ1) is 17.3. The number of hydrogen-bond donors (Lipinski definition) is 1. The summed E-state index contributed by atoms with van der Waals surface area (Å²) in [6.07, 6.45) is 1.89. The number of rotatable bonds is 6. The average Bonchev–Trinajstić information content (AvgIpc) is 3.19. The summed E-state index contributed by atoms with van der Waals surface area (Å²) in [6.45, 7) is 7.88. The van der Waals surface area contributed by atoms with Gasteiger partial charge >= 0.3 is 0 Å². The zero-order valence-electron chi connectivity index (χ0n) is 20.9. The van der Waals surface area contributed by atoms with Gasteiger partial charge in [-0.25, -0.2) is 4.98 Å². The van der Waals surface area contributed by atoms with E-state index < -0.39 is 0 Å². The van der Waals surface area contributed by atoms with Gasteiger partial charge in [0, 0.05) is 23.5 Å². The van der Waals surface area contributed by atoms with Crippen LogP contribution in [0, 0.1) is 13.8 Å². The van der Waals surface area contributed by atoms with Crippen molar-refractivity contribution in [2.75, 3.05) is 12.4 Å². The van der Waals surface area contributed by atoms with E-state index >= 15 is 0 Å². The van der Waals surface area contributed by atoms with E-state index in [1.165, 1.54) is 0 Å². The Labute approximate surface area is 209 Å². The van der Waals surface area contributed by atoms with Gasteiger partial charge in [-0.15, -0.1) is 5.10 Å². The zero-order valence-corrected chi connectivity index (χ0v) is 20.9. The van der Waals surface area contributed by atoms with Crippen molar-refractivity contribution in [3.8, 4) is 28.7 Å². The maximum Gasteiger partial charge on any atom is 0.272 e. The number of methoxy groups -OCH3 is 1. The molecule has 1 N–H and O–H groups in total. The van der Waals surface area contributed by atoms with Gasteiger partial charge in [0.05, 0.1) is 30.8 Å². The average molecular weight is 485 g/mol. The summed E-state index contributed by atoms with van der Waals surface area (Å²) >= 11 is 0. The third-order valence-corrected chi connectivity index (χ3v) is 6.14. The first kappa shape index (κ1) is 23.5. The van der Waals surface area contributed by atoms with Gasteiger partial charge in [-0.3, -0.25) is 4.79 Å². The Morgan fingerprint density at radius 1 is 1.08 bits per heavy atom. The van der Waals surface area contributed by atoms with E-state index in [2.05, 4.69) is 15.5 Å². The fourth-order valence-electron chi connectivity index (χ4n) is 4.48. The van der Waals surface area contributed by atoms with Crippen LogP contribution in [0.1, 0.15) is 48.6 Å². The molecular formula is C27H28N6O3. The van der Waals surface area contributed by atoms with Gasteiger partial charge in [-0.2, -0.15) is 14.9 Å². The van der Waals surface area contributed by atoms with Crippen LogP contribution in [0.4, 0.5) is 5.82 Å². The van der Waals surface area contributed by atoms with E-state index in [1.807, 2.05) is 70.2 Å². The highest BCUT2D eigenvalue weighted by Gasteiger charge is 2.34. The summed E-state index contributed by atoms with van der Waals surface area (Å²) in [6, 6.07) is 13.8. The Bertz CT molecular complexity index is 1430. The van der Waals surface area contributed by atoms with Crippen molar-refractivity contribution in [1.29, 1.82) is 0 Å². The number of ether oxygens (including phenoxy) is 2. The molecule has 1 aliphatic heterocycles. The molecule has 2 aromatic carbocycles. The third-order valence-electron chi connectivity index (χ3n) is 6.14. The normalized spacial score (nSPS) is 14.9. The summed E-state index contributed by atoms with van der Waals surface area (Å²) in [5, 5.41) is 16.1. The van der Waals surface area contributed by atoms with Gasteiger partial charge in [0.1, 0.15) is 5.82 Å². The van der Waals surface area contributed by atoms with Crippen LogP contribution in [0.3, 0.4) is 0 Å². The summed E-state index contributed by atoms with van der Waals surface area (Å²) in [4.78, 5) is 17.5. The second kappa shape index (κ2) is 9.41. The third kappa shape index (κ3) is 4.39. The van der Waals surface area contributed by atoms with Gasteiger partial charge in [0.25, 0.3) is 5.95 Å². The molecule has 1 aliphatic rings. The van der Waals surface area contributed by atoms with E-state index in [-0.39, 0.29) is 30.3 Å². The zero-order chi connectivity index (χ0) is 25.4. The van der Waals surface area contributed by atoms with Crippen molar-refractivity contribution in [3.63, 3.8) is 0 Å². The molecule has 3 heterocycles. The van der Waals surface area contributed by atoms with Gasteiger partial charge in [-0.05, 0) is 45.4 Å². The molecule has 1 atom stereocenters. The van der Waals surface area contributed by atoms with Gasteiger partial charge in [-0.1, -0.05) is 35.9 Å². The molecular weight excluding hydrogens is 456 g/mol. The van der Waals surface area contributed by atoms with E-state index in [0.29, 0.717) is 23.0 Å². The second-order valence-electron chi connectivity index (χ2n) is 9.15. The van der Waals surface area contributed by atoms with E-state index in [0.717, 1.165) is 27.9 Å². The standard InChI is InChI=1S/C27H28N6O3/c1-15(2)36-23-12-19(10-11-22(23)35-5)20-13-24(34)30-26-25(20)17(4)32-33(26)27-29-21(14-28-31-27)18-8-6-16(3)7-9-18/h6-12,14-15,20H,13H2,1-5H3,(H,30,34)/t20-/m0/s1. The minimum Gasteiger partial charge on any atom is -0.493 e. The summed E-state index contributed by atoms with van der Waals surface area (Å²) in [5.41, 5.74) is 5.39. The largest absolute Gasteiger partial charge is 0.493 e. The number of aryl methyl sites for hydroxylation is 2. The van der Waals surface area contributed by atoms with Crippen molar-refractivity contribution in [1.82, 2.24) is 25.0 Å². The lowest BCUT2D eigenvalue weighted by Crippen LogP contribution is -2.25. The van der Waals surface area contributed by atoms with Crippen LogP contribution in [0.15, 0.2) is 48.7 Å². The molecule has 184 valence electrons. The number of fused-ring (bicyclic) bond motifs is 1. The molecule has 0 bridgehead atoms. The molecule has 0 radical (unpaired) electrons. The molecule has 1 amide bonds. The predicted octanol–water partition coefficient (Wildman–Crippen LogP) is 4.61. The van der Waals surface area contributed by atoms with Gasteiger partial charge in [0.15, 0.2) is 11.5 Å². The molecule has 4 aromatic rings. The second-order valence-corrected chi connectivity index (χ2v) is 9.15. The maximum absolute atomic E-state index is 12.8. The summed E-state index contributed by atoms with van der Waals surface area (Å²) < 4.78 is 13.0. The van der Waals surface area contributed by atoms with Crippen molar-refractivity contribution >= 4 is 11.7 Å². The number of anilines is 1. The highest BCUT2D eigenvalue weighted by atomic mass is 16.5. The number of benzene rings is 2. The molecule has 2 aromatic heterocycles. The molecule has 0 aliphatic carbocycles. The number of carbonyl (C=O) groups excluding carboxylic acids is 1. The molecule has 36 heavy (non-hydrogen) atoms. The van der Waals surface area contributed by atoms with Crippen molar-refractivity contribution in [2.45, 2.75) is 46.1 Å². The lowest BCUT2D eigenvalue weighted by Gasteiger charge is -2.25. The number of hydrogen-bond acceptors (Lipinski definition) is 7. The van der Waals surface area contributed by atoms with Crippen LogP contribution in [0.2, 0.25) is 0 Å². The van der Waals surface area contributed by atoms with E-state index in [4.69, 9.17) is 19.6 Å². The van der Waals surface area contributed by atoms with Gasteiger partial charge in [0.2, 0.25) is 5.91 Å². The Morgan fingerprint density at radius 2 is 1.86 bits per heavy atom. The van der Waals surface area contributed by atoms with Crippen LogP contribution >= 0.6 is 0 Å². The molecule has 0 unspecified atom stereocenters. The quantitative estimate of drug-likeness (QED) is 0.426. The molecule has 9 nitrogen and oxygen atoms in total. The molecule has 0 saturated carbocycles. The lowest BCUT2D eigenvalue weighted by molar-refractivity contribution is -0.116. The number of aromatic nitrogens is 5. The highest BCUT2D eigenvalue weighted by molar-refractivity contribution is 5.95.